The van der Waals surface area contributed by atoms with Crippen LogP contribution < -0.4 is 10.6 Å². The molecule has 1 aromatic rings. The molecule has 1 heterocycles. The summed E-state index contributed by atoms with van der Waals surface area (Å²) >= 11 is 3.36. The third-order valence-corrected chi connectivity index (χ3v) is 3.27. The summed E-state index contributed by atoms with van der Waals surface area (Å²) in [5, 5.41) is 6.06. The molecule has 0 fully saturated rings. The standard InChI is InChI=1S/C16H26BrN3O2/c1-16(2,3)22-15(21)19-11-7-5-4-6-10-18-14-9-8-13(17)12-20-14/h8-9,12H,4-7,10-11H2,1-3H3,(H,18,20)(H,19,21). The zero-order valence-corrected chi connectivity index (χ0v) is 15.2. The molecule has 1 aromatic heterocycles. The molecule has 1 amide bonds. The van der Waals surface area contributed by atoms with Crippen molar-refractivity contribution in [1.29, 1.82) is 0 Å². The minimum Gasteiger partial charge on any atom is -0.444 e. The first-order valence-corrected chi connectivity index (χ1v) is 8.48. The lowest BCUT2D eigenvalue weighted by atomic mass is 10.2. The van der Waals surface area contributed by atoms with E-state index in [-0.39, 0.29) is 6.09 Å². The number of alkyl carbamates (subject to hydrolysis) is 1. The van der Waals surface area contributed by atoms with Crippen molar-refractivity contribution in [2.45, 2.75) is 52.1 Å². The van der Waals surface area contributed by atoms with Gasteiger partial charge in [-0.25, -0.2) is 9.78 Å². The average molecular weight is 372 g/mol. The van der Waals surface area contributed by atoms with E-state index in [9.17, 15) is 4.79 Å². The van der Waals surface area contributed by atoms with E-state index >= 15 is 0 Å². The van der Waals surface area contributed by atoms with Gasteiger partial charge in [-0.2, -0.15) is 0 Å². The molecule has 5 nitrogen and oxygen atoms in total. The van der Waals surface area contributed by atoms with Crippen LogP contribution in [0.1, 0.15) is 46.5 Å². The first-order chi connectivity index (χ1) is 10.4. The van der Waals surface area contributed by atoms with Crippen LogP contribution in [0.3, 0.4) is 0 Å². The predicted octanol–water partition coefficient (Wildman–Crippen LogP) is 4.34. The van der Waals surface area contributed by atoms with Gasteiger partial charge in [-0.3, -0.25) is 0 Å². The maximum absolute atomic E-state index is 11.4. The predicted molar refractivity (Wildman–Crippen MR) is 93.1 cm³/mol. The summed E-state index contributed by atoms with van der Waals surface area (Å²) in [6, 6.07) is 3.92. The highest BCUT2D eigenvalue weighted by molar-refractivity contribution is 9.10. The van der Waals surface area contributed by atoms with Crippen molar-refractivity contribution in [3.8, 4) is 0 Å². The number of rotatable bonds is 8. The van der Waals surface area contributed by atoms with E-state index in [2.05, 4.69) is 31.5 Å². The number of ether oxygens (including phenoxy) is 1. The van der Waals surface area contributed by atoms with E-state index in [1.807, 2.05) is 32.9 Å². The maximum Gasteiger partial charge on any atom is 0.407 e. The topological polar surface area (TPSA) is 63.2 Å². The van der Waals surface area contributed by atoms with Crippen molar-refractivity contribution in [3.63, 3.8) is 0 Å². The fourth-order valence-corrected chi connectivity index (χ4v) is 2.04. The fraction of sp³-hybridized carbons (Fsp3) is 0.625. The van der Waals surface area contributed by atoms with Crippen molar-refractivity contribution in [1.82, 2.24) is 10.3 Å². The Kier molecular flexibility index (Phi) is 8.24. The number of pyridine rings is 1. The number of unbranched alkanes of at least 4 members (excludes halogenated alkanes) is 3. The van der Waals surface area contributed by atoms with E-state index < -0.39 is 5.60 Å². The first-order valence-electron chi connectivity index (χ1n) is 7.69. The molecule has 0 saturated heterocycles. The van der Waals surface area contributed by atoms with Crippen molar-refractivity contribution >= 4 is 27.8 Å². The molecule has 0 aromatic carbocycles. The molecule has 22 heavy (non-hydrogen) atoms. The number of aromatic nitrogens is 1. The number of hydrogen-bond acceptors (Lipinski definition) is 4. The summed E-state index contributed by atoms with van der Waals surface area (Å²) in [6.07, 6.45) is 5.71. The smallest absolute Gasteiger partial charge is 0.407 e. The Morgan fingerprint density at radius 3 is 2.45 bits per heavy atom. The van der Waals surface area contributed by atoms with Crippen molar-refractivity contribution in [2.24, 2.45) is 0 Å². The van der Waals surface area contributed by atoms with Gasteiger partial charge in [0.2, 0.25) is 0 Å². The number of carbonyl (C=O) groups is 1. The van der Waals surface area contributed by atoms with Crippen molar-refractivity contribution in [3.05, 3.63) is 22.8 Å². The van der Waals surface area contributed by atoms with Crippen LogP contribution in [0, 0.1) is 0 Å². The lowest BCUT2D eigenvalue weighted by molar-refractivity contribution is 0.0527. The summed E-state index contributed by atoms with van der Waals surface area (Å²) in [4.78, 5) is 15.7. The molecule has 0 spiro atoms. The van der Waals surface area contributed by atoms with Crippen LogP contribution in [0.4, 0.5) is 10.6 Å². The molecule has 0 aliphatic carbocycles. The molecule has 0 aliphatic heterocycles. The summed E-state index contributed by atoms with van der Waals surface area (Å²) in [5.41, 5.74) is -0.434. The number of nitrogens with one attached hydrogen (secondary N) is 2. The van der Waals surface area contributed by atoms with Crippen LogP contribution in [0.25, 0.3) is 0 Å². The second kappa shape index (κ2) is 9.66. The molecule has 2 N–H and O–H groups in total. The highest BCUT2D eigenvalue weighted by Gasteiger charge is 2.15. The second-order valence-corrected chi connectivity index (χ2v) is 7.05. The number of hydrogen-bond donors (Lipinski definition) is 2. The molecular formula is C16H26BrN3O2. The number of nitrogens with zero attached hydrogens (tertiary/aromatic N) is 1. The Morgan fingerprint density at radius 1 is 1.18 bits per heavy atom. The number of anilines is 1. The third kappa shape index (κ3) is 9.60. The molecule has 6 heteroatoms. The van der Waals surface area contributed by atoms with Crippen LogP contribution in [0.5, 0.6) is 0 Å². The normalized spacial score (nSPS) is 11.1. The van der Waals surface area contributed by atoms with Gasteiger partial charge in [-0.05, 0) is 61.7 Å². The highest BCUT2D eigenvalue weighted by atomic mass is 79.9. The lowest BCUT2D eigenvalue weighted by Gasteiger charge is -2.19. The Balaban J connectivity index is 1.95. The molecule has 0 bridgehead atoms. The zero-order chi connectivity index (χ0) is 16.4. The van der Waals surface area contributed by atoms with Gasteiger partial charge in [0.25, 0.3) is 0 Å². The molecule has 0 aliphatic rings. The van der Waals surface area contributed by atoms with Gasteiger partial charge < -0.3 is 15.4 Å². The Labute approximate surface area is 141 Å². The summed E-state index contributed by atoms with van der Waals surface area (Å²) in [7, 11) is 0. The van der Waals surface area contributed by atoms with E-state index in [0.717, 1.165) is 42.5 Å². The molecule has 0 radical (unpaired) electrons. The Bertz CT molecular complexity index is 444. The van der Waals surface area contributed by atoms with E-state index in [1.165, 1.54) is 0 Å². The van der Waals surface area contributed by atoms with Crippen molar-refractivity contribution < 1.29 is 9.53 Å². The first kappa shape index (κ1) is 18.7. The van der Waals surface area contributed by atoms with Crippen LogP contribution in [0.2, 0.25) is 0 Å². The fourth-order valence-electron chi connectivity index (χ4n) is 1.81. The number of halogens is 1. The van der Waals surface area contributed by atoms with E-state index in [0.29, 0.717) is 6.54 Å². The minimum atomic E-state index is -0.434. The highest BCUT2D eigenvalue weighted by Crippen LogP contribution is 2.10. The maximum atomic E-state index is 11.4. The zero-order valence-electron chi connectivity index (χ0n) is 13.6. The van der Waals surface area contributed by atoms with Gasteiger partial charge in [-0.15, -0.1) is 0 Å². The summed E-state index contributed by atoms with van der Waals surface area (Å²) < 4.78 is 6.15. The second-order valence-electron chi connectivity index (χ2n) is 6.13. The van der Waals surface area contributed by atoms with Crippen molar-refractivity contribution in [2.75, 3.05) is 18.4 Å². The van der Waals surface area contributed by atoms with Gasteiger partial charge in [0.15, 0.2) is 0 Å². The molecule has 0 atom stereocenters. The van der Waals surface area contributed by atoms with Gasteiger partial charge in [0.1, 0.15) is 11.4 Å². The van der Waals surface area contributed by atoms with Crippen LogP contribution >= 0.6 is 15.9 Å². The van der Waals surface area contributed by atoms with E-state index in [4.69, 9.17) is 4.74 Å². The van der Waals surface area contributed by atoms with Gasteiger partial charge in [0.05, 0.1) is 0 Å². The molecule has 1 rings (SSSR count). The molecule has 124 valence electrons. The monoisotopic (exact) mass is 371 g/mol. The number of amides is 1. The Hall–Kier alpha value is -1.30. The van der Waals surface area contributed by atoms with Crippen LogP contribution in [-0.2, 0) is 4.74 Å². The SMILES string of the molecule is CC(C)(C)OC(=O)NCCCCCCNc1ccc(Br)cn1. The van der Waals surface area contributed by atoms with E-state index in [1.54, 1.807) is 6.20 Å². The quantitative estimate of drug-likeness (QED) is 0.667. The molecule has 0 unspecified atom stereocenters. The molecule has 0 saturated carbocycles. The van der Waals surface area contributed by atoms with Gasteiger partial charge in [-0.1, -0.05) is 12.8 Å². The van der Waals surface area contributed by atoms with Gasteiger partial charge >= 0.3 is 6.09 Å². The van der Waals surface area contributed by atoms with Crippen LogP contribution in [-0.4, -0.2) is 29.8 Å². The molecular weight excluding hydrogens is 346 g/mol. The lowest BCUT2D eigenvalue weighted by Crippen LogP contribution is -2.32. The largest absolute Gasteiger partial charge is 0.444 e. The van der Waals surface area contributed by atoms with Crippen LogP contribution in [0.15, 0.2) is 22.8 Å². The number of carbonyl (C=O) groups excluding carboxylic acids is 1. The minimum absolute atomic E-state index is 0.338. The summed E-state index contributed by atoms with van der Waals surface area (Å²) in [5.74, 6) is 0.898. The van der Waals surface area contributed by atoms with Gasteiger partial charge in [0, 0.05) is 23.8 Å². The average Bonchev–Trinajstić information content (AvgIpc) is 2.42. The Morgan fingerprint density at radius 2 is 1.86 bits per heavy atom. The third-order valence-electron chi connectivity index (χ3n) is 2.81. The summed E-state index contributed by atoms with van der Waals surface area (Å²) in [6.45, 7) is 7.16.